The maximum atomic E-state index is 12.9. The van der Waals surface area contributed by atoms with Crippen molar-refractivity contribution in [3.63, 3.8) is 0 Å². The Morgan fingerprint density at radius 1 is 1.12 bits per heavy atom. The van der Waals surface area contributed by atoms with E-state index < -0.39 is 48.1 Å². The number of hydrogen-bond acceptors (Lipinski definition) is 7. The second-order valence-corrected chi connectivity index (χ2v) is 7.03. The minimum Gasteiger partial charge on any atom is -0.497 e. The Morgan fingerprint density at radius 2 is 1.84 bits per heavy atom. The average molecular weight is 447 g/mol. The highest BCUT2D eigenvalue weighted by Crippen LogP contribution is 2.33. The van der Waals surface area contributed by atoms with E-state index in [0.29, 0.717) is 11.4 Å². The van der Waals surface area contributed by atoms with Crippen LogP contribution in [0, 0.1) is 0 Å². The fourth-order valence-corrected chi connectivity index (χ4v) is 3.46. The van der Waals surface area contributed by atoms with Crippen LogP contribution in [-0.4, -0.2) is 48.5 Å². The molecule has 0 saturated carbocycles. The zero-order valence-electron chi connectivity index (χ0n) is 16.5. The van der Waals surface area contributed by atoms with Gasteiger partial charge in [0, 0.05) is 5.69 Å². The zero-order valence-corrected chi connectivity index (χ0v) is 16.5. The molecule has 0 unspecified atom stereocenters. The van der Waals surface area contributed by atoms with Crippen LogP contribution < -0.4 is 15.0 Å². The summed E-state index contributed by atoms with van der Waals surface area (Å²) >= 11 is 0. The summed E-state index contributed by atoms with van der Waals surface area (Å²) in [6, 6.07) is 8.18. The minimum absolute atomic E-state index is 0.0637. The lowest BCUT2D eigenvalue weighted by Gasteiger charge is -2.20. The molecular weight excluding hydrogens is 431 g/mol. The molecule has 2 aliphatic rings. The van der Waals surface area contributed by atoms with E-state index in [0.717, 1.165) is 28.1 Å². The number of amides is 3. The zero-order chi connectivity index (χ0) is 23.0. The number of hydrogen-bond donors (Lipinski definition) is 1. The molecule has 1 N–H and O–H groups in total. The van der Waals surface area contributed by atoms with Gasteiger partial charge in [0.2, 0.25) is 5.91 Å². The first-order chi connectivity index (χ1) is 15.2. The monoisotopic (exact) mass is 447 g/mol. The number of ether oxygens (including phenoxy) is 1. The third kappa shape index (κ3) is 3.86. The summed E-state index contributed by atoms with van der Waals surface area (Å²) in [7, 11) is 1.48. The highest BCUT2D eigenvalue weighted by atomic mass is 19.4. The van der Waals surface area contributed by atoms with Gasteiger partial charge in [0.1, 0.15) is 12.3 Å². The van der Waals surface area contributed by atoms with Gasteiger partial charge in [-0.05, 0) is 42.5 Å². The van der Waals surface area contributed by atoms with Crippen LogP contribution in [0.5, 0.6) is 5.75 Å². The topological polar surface area (TPSA) is 104 Å². The Balaban J connectivity index is 1.46. The summed E-state index contributed by atoms with van der Waals surface area (Å²) in [5.41, 5.74) is -0.659. The molecular formula is C20H16F3N5O4. The van der Waals surface area contributed by atoms with E-state index in [1.165, 1.54) is 25.3 Å². The SMILES string of the molecule is COc1ccc(N2C(=O)[C@H]3N=NN(CC(=O)Nc4cccc(C(F)(F)F)c4)[C@H]3C2=O)cc1. The number of carbonyl (C=O) groups is 3. The number of nitrogens with zero attached hydrogens (tertiary/aromatic N) is 4. The van der Waals surface area contributed by atoms with Gasteiger partial charge in [0.15, 0.2) is 12.1 Å². The number of alkyl halides is 3. The van der Waals surface area contributed by atoms with Crippen molar-refractivity contribution in [2.24, 2.45) is 10.3 Å². The fraction of sp³-hybridized carbons (Fsp3) is 0.250. The number of halogens is 3. The number of carbonyl (C=O) groups excluding carboxylic acids is 3. The van der Waals surface area contributed by atoms with Crippen LogP contribution in [0.2, 0.25) is 0 Å². The molecule has 166 valence electrons. The molecule has 0 bridgehead atoms. The predicted octanol–water partition coefficient (Wildman–Crippen LogP) is 2.65. The normalized spacial score (nSPS) is 20.0. The van der Waals surface area contributed by atoms with E-state index in [9.17, 15) is 27.6 Å². The summed E-state index contributed by atoms with van der Waals surface area (Å²) in [6.07, 6.45) is -4.56. The van der Waals surface area contributed by atoms with Crippen molar-refractivity contribution >= 4 is 29.1 Å². The van der Waals surface area contributed by atoms with Crippen LogP contribution in [0.1, 0.15) is 5.56 Å². The molecule has 1 saturated heterocycles. The largest absolute Gasteiger partial charge is 0.497 e. The van der Waals surface area contributed by atoms with E-state index in [-0.39, 0.29) is 5.69 Å². The van der Waals surface area contributed by atoms with Crippen LogP contribution in [0.4, 0.5) is 24.5 Å². The van der Waals surface area contributed by atoms with Crippen LogP contribution in [-0.2, 0) is 20.6 Å². The van der Waals surface area contributed by atoms with Gasteiger partial charge in [-0.2, -0.15) is 18.3 Å². The lowest BCUT2D eigenvalue weighted by molar-refractivity contribution is -0.137. The molecule has 2 heterocycles. The molecule has 0 radical (unpaired) electrons. The van der Waals surface area contributed by atoms with Gasteiger partial charge in [0.05, 0.1) is 18.4 Å². The molecule has 9 nitrogen and oxygen atoms in total. The summed E-state index contributed by atoms with van der Waals surface area (Å²) < 4.78 is 43.6. The molecule has 2 aromatic carbocycles. The lowest BCUT2D eigenvalue weighted by Crippen LogP contribution is -2.43. The van der Waals surface area contributed by atoms with E-state index >= 15 is 0 Å². The summed E-state index contributed by atoms with van der Waals surface area (Å²) in [5.74, 6) is -1.37. The Morgan fingerprint density at radius 3 is 2.50 bits per heavy atom. The molecule has 0 aromatic heterocycles. The maximum Gasteiger partial charge on any atom is 0.416 e. The fourth-order valence-electron chi connectivity index (χ4n) is 3.46. The number of anilines is 2. The summed E-state index contributed by atoms with van der Waals surface area (Å²) in [4.78, 5) is 38.9. The molecule has 32 heavy (non-hydrogen) atoms. The third-order valence-electron chi connectivity index (χ3n) is 4.97. The molecule has 3 amide bonds. The third-order valence-corrected chi connectivity index (χ3v) is 4.97. The average Bonchev–Trinajstić information content (AvgIpc) is 3.27. The first kappa shape index (κ1) is 21.3. The van der Waals surface area contributed by atoms with Crippen molar-refractivity contribution in [3.05, 3.63) is 54.1 Å². The van der Waals surface area contributed by atoms with Gasteiger partial charge in [0.25, 0.3) is 11.8 Å². The predicted molar refractivity (Wildman–Crippen MR) is 105 cm³/mol. The molecule has 0 spiro atoms. The van der Waals surface area contributed by atoms with Crippen molar-refractivity contribution in [2.45, 2.75) is 18.3 Å². The first-order valence-corrected chi connectivity index (χ1v) is 9.35. The van der Waals surface area contributed by atoms with E-state index in [1.54, 1.807) is 12.1 Å². The Hall–Kier alpha value is -3.96. The second kappa shape index (κ2) is 7.94. The molecule has 0 aliphatic carbocycles. The van der Waals surface area contributed by atoms with Crippen LogP contribution in [0.25, 0.3) is 0 Å². The van der Waals surface area contributed by atoms with Crippen molar-refractivity contribution < 1.29 is 32.3 Å². The number of rotatable bonds is 5. The molecule has 2 aromatic rings. The quantitative estimate of drug-likeness (QED) is 0.710. The van der Waals surface area contributed by atoms with Crippen molar-refractivity contribution in [2.75, 3.05) is 23.9 Å². The Bertz CT molecular complexity index is 1100. The smallest absolute Gasteiger partial charge is 0.416 e. The number of methoxy groups -OCH3 is 1. The van der Waals surface area contributed by atoms with Crippen LogP contribution in [0.3, 0.4) is 0 Å². The van der Waals surface area contributed by atoms with Gasteiger partial charge in [-0.1, -0.05) is 11.3 Å². The van der Waals surface area contributed by atoms with Crippen molar-refractivity contribution in [3.8, 4) is 5.75 Å². The van der Waals surface area contributed by atoms with Gasteiger partial charge in [-0.15, -0.1) is 0 Å². The summed E-state index contributed by atoms with van der Waals surface area (Å²) in [5, 5.41) is 10.9. The number of imide groups is 1. The van der Waals surface area contributed by atoms with Crippen molar-refractivity contribution in [1.82, 2.24) is 5.01 Å². The molecule has 1 fully saturated rings. The molecule has 4 rings (SSSR count). The van der Waals surface area contributed by atoms with Gasteiger partial charge in [-0.3, -0.25) is 19.4 Å². The van der Waals surface area contributed by atoms with Crippen LogP contribution in [0.15, 0.2) is 58.9 Å². The Labute approximate surface area is 179 Å². The van der Waals surface area contributed by atoms with Crippen LogP contribution >= 0.6 is 0 Å². The van der Waals surface area contributed by atoms with E-state index in [2.05, 4.69) is 15.7 Å². The standard InChI is InChI=1S/C20H16F3N5O4/c1-32-14-7-5-13(6-8-14)28-18(30)16-17(19(28)31)27(26-25-16)10-15(29)24-12-4-2-3-11(9-12)20(21,22)23/h2-9,16-17H,10H2,1H3,(H,24,29)/t16-,17+/m0/s1. The Kier molecular flexibility index (Phi) is 5.28. The van der Waals surface area contributed by atoms with Gasteiger partial charge >= 0.3 is 6.18 Å². The molecule has 2 aliphatic heterocycles. The molecule has 2 atom stereocenters. The highest BCUT2D eigenvalue weighted by molar-refractivity contribution is 6.25. The number of fused-ring (bicyclic) bond motifs is 1. The highest BCUT2D eigenvalue weighted by Gasteiger charge is 2.55. The van der Waals surface area contributed by atoms with E-state index in [1.807, 2.05) is 0 Å². The number of nitrogens with one attached hydrogen (secondary N) is 1. The van der Waals surface area contributed by atoms with E-state index in [4.69, 9.17) is 4.74 Å². The minimum atomic E-state index is -4.56. The maximum absolute atomic E-state index is 12.9. The summed E-state index contributed by atoms with van der Waals surface area (Å²) in [6.45, 7) is -0.476. The first-order valence-electron chi connectivity index (χ1n) is 9.35. The molecule has 12 heteroatoms. The number of benzene rings is 2. The second-order valence-electron chi connectivity index (χ2n) is 7.03. The van der Waals surface area contributed by atoms with Gasteiger partial charge in [-0.25, -0.2) is 4.90 Å². The van der Waals surface area contributed by atoms with Crippen molar-refractivity contribution in [1.29, 1.82) is 0 Å². The van der Waals surface area contributed by atoms with Gasteiger partial charge < -0.3 is 10.1 Å². The lowest BCUT2D eigenvalue weighted by atomic mass is 10.1.